The summed E-state index contributed by atoms with van der Waals surface area (Å²) in [4.78, 5) is 17.5. The lowest BCUT2D eigenvalue weighted by atomic mass is 10.1. The van der Waals surface area contributed by atoms with Gasteiger partial charge in [0.05, 0.1) is 31.3 Å². The summed E-state index contributed by atoms with van der Waals surface area (Å²) in [5, 5.41) is 8.46. The van der Waals surface area contributed by atoms with Crippen molar-refractivity contribution < 1.29 is 19.0 Å². The van der Waals surface area contributed by atoms with E-state index >= 15 is 0 Å². The minimum atomic E-state index is -0.806. The SMILES string of the molecule is COc1ccc(OC)c(NC(=O)[C@H](C)Oc2cc(C)c3c(C)nn(-c4ccccc4)c3n2)c1. The lowest BCUT2D eigenvalue weighted by Crippen LogP contribution is -2.30. The topological polar surface area (TPSA) is 87.5 Å². The highest BCUT2D eigenvalue weighted by Gasteiger charge is 2.20. The van der Waals surface area contributed by atoms with E-state index in [0.29, 0.717) is 28.7 Å². The Hall–Kier alpha value is -4.07. The maximum atomic E-state index is 12.8. The first-order valence-corrected chi connectivity index (χ1v) is 10.5. The summed E-state index contributed by atoms with van der Waals surface area (Å²) in [6.07, 6.45) is -0.806. The summed E-state index contributed by atoms with van der Waals surface area (Å²) < 4.78 is 18.3. The fraction of sp³-hybridized carbons (Fsp3) is 0.240. The van der Waals surface area contributed by atoms with E-state index in [1.54, 1.807) is 36.9 Å². The number of pyridine rings is 1. The number of anilines is 1. The third-order valence-corrected chi connectivity index (χ3v) is 5.32. The van der Waals surface area contributed by atoms with Gasteiger partial charge in [-0.15, -0.1) is 0 Å². The highest BCUT2D eigenvalue weighted by Crippen LogP contribution is 2.30. The molecule has 2 aromatic carbocycles. The van der Waals surface area contributed by atoms with E-state index in [4.69, 9.17) is 14.2 Å². The number of nitrogens with one attached hydrogen (secondary N) is 1. The number of para-hydroxylation sites is 1. The van der Waals surface area contributed by atoms with Crippen LogP contribution in [0.5, 0.6) is 17.4 Å². The van der Waals surface area contributed by atoms with Crippen LogP contribution >= 0.6 is 0 Å². The summed E-state index contributed by atoms with van der Waals surface area (Å²) in [5.74, 6) is 1.13. The minimum Gasteiger partial charge on any atom is -0.497 e. The van der Waals surface area contributed by atoms with Gasteiger partial charge >= 0.3 is 0 Å². The number of benzene rings is 2. The van der Waals surface area contributed by atoms with E-state index in [0.717, 1.165) is 22.3 Å². The molecule has 0 radical (unpaired) electrons. The second-order valence-electron chi connectivity index (χ2n) is 7.62. The van der Waals surface area contributed by atoms with Crippen LogP contribution in [0.3, 0.4) is 0 Å². The molecular weight excluding hydrogens is 420 g/mol. The number of rotatable bonds is 7. The van der Waals surface area contributed by atoms with E-state index in [1.807, 2.05) is 50.2 Å². The van der Waals surface area contributed by atoms with Gasteiger partial charge in [-0.3, -0.25) is 4.79 Å². The van der Waals surface area contributed by atoms with Crippen molar-refractivity contribution in [2.24, 2.45) is 0 Å². The van der Waals surface area contributed by atoms with E-state index in [2.05, 4.69) is 15.4 Å². The molecule has 0 saturated carbocycles. The minimum absolute atomic E-state index is 0.339. The first kappa shape index (κ1) is 22.1. The molecule has 1 N–H and O–H groups in total. The van der Waals surface area contributed by atoms with E-state index in [1.165, 1.54) is 7.11 Å². The second-order valence-corrected chi connectivity index (χ2v) is 7.62. The fourth-order valence-corrected chi connectivity index (χ4v) is 3.66. The smallest absolute Gasteiger partial charge is 0.265 e. The van der Waals surface area contributed by atoms with Gasteiger partial charge in [-0.1, -0.05) is 18.2 Å². The molecule has 8 nitrogen and oxygen atoms in total. The lowest BCUT2D eigenvalue weighted by molar-refractivity contribution is -0.122. The second kappa shape index (κ2) is 9.20. The number of fused-ring (bicyclic) bond motifs is 1. The lowest BCUT2D eigenvalue weighted by Gasteiger charge is -2.16. The van der Waals surface area contributed by atoms with Crippen molar-refractivity contribution in [3.05, 3.63) is 65.9 Å². The van der Waals surface area contributed by atoms with Crippen LogP contribution in [-0.4, -0.2) is 41.0 Å². The molecule has 0 unspecified atom stereocenters. The van der Waals surface area contributed by atoms with Gasteiger partial charge in [-0.2, -0.15) is 10.1 Å². The average Bonchev–Trinajstić information content (AvgIpc) is 3.16. The Bertz CT molecular complexity index is 1300. The third kappa shape index (κ3) is 4.45. The Morgan fingerprint density at radius 2 is 1.79 bits per heavy atom. The molecule has 2 heterocycles. The van der Waals surface area contributed by atoms with Gasteiger partial charge in [-0.25, -0.2) is 4.68 Å². The van der Waals surface area contributed by atoms with Crippen LogP contribution < -0.4 is 19.5 Å². The molecule has 4 rings (SSSR count). The van der Waals surface area contributed by atoms with Gasteiger partial charge in [-0.05, 0) is 50.6 Å². The molecule has 4 aromatic rings. The molecule has 0 saturated heterocycles. The average molecular weight is 447 g/mol. The molecule has 2 aromatic heterocycles. The van der Waals surface area contributed by atoms with Crippen molar-refractivity contribution in [1.82, 2.24) is 14.8 Å². The number of methoxy groups -OCH3 is 2. The number of aryl methyl sites for hydroxylation is 2. The standard InChI is InChI=1S/C25H26N4O4/c1-15-13-22(27-24-23(15)16(2)28-29(24)18-9-7-6-8-10-18)33-17(3)25(30)26-20-14-19(31-4)11-12-21(20)32-5/h6-14,17H,1-5H3,(H,26,30)/t17-/m0/s1. The van der Waals surface area contributed by atoms with Crippen molar-refractivity contribution in [3.63, 3.8) is 0 Å². The van der Waals surface area contributed by atoms with E-state index in [9.17, 15) is 4.79 Å². The summed E-state index contributed by atoms with van der Waals surface area (Å²) in [7, 11) is 3.10. The number of carbonyl (C=O) groups excluding carboxylic acids is 1. The molecule has 1 amide bonds. The normalized spacial score (nSPS) is 11.8. The molecule has 8 heteroatoms. The summed E-state index contributed by atoms with van der Waals surface area (Å²) in [6.45, 7) is 5.60. The molecule has 0 aliphatic rings. The van der Waals surface area contributed by atoms with Crippen molar-refractivity contribution >= 4 is 22.6 Å². The van der Waals surface area contributed by atoms with Crippen LogP contribution in [0.1, 0.15) is 18.2 Å². The molecule has 170 valence electrons. The molecular formula is C25H26N4O4. The van der Waals surface area contributed by atoms with E-state index < -0.39 is 6.10 Å². The Balaban J connectivity index is 1.61. The van der Waals surface area contributed by atoms with Crippen LogP contribution in [0.4, 0.5) is 5.69 Å². The van der Waals surface area contributed by atoms with Gasteiger partial charge in [0.2, 0.25) is 5.88 Å². The van der Waals surface area contributed by atoms with Crippen molar-refractivity contribution in [3.8, 4) is 23.1 Å². The quantitative estimate of drug-likeness (QED) is 0.451. The van der Waals surface area contributed by atoms with E-state index in [-0.39, 0.29) is 5.91 Å². The monoisotopic (exact) mass is 446 g/mol. The molecule has 33 heavy (non-hydrogen) atoms. The van der Waals surface area contributed by atoms with Crippen LogP contribution in [-0.2, 0) is 4.79 Å². The van der Waals surface area contributed by atoms with Crippen LogP contribution in [0, 0.1) is 13.8 Å². The molecule has 0 aliphatic carbocycles. The maximum Gasteiger partial charge on any atom is 0.265 e. The Morgan fingerprint density at radius 3 is 2.48 bits per heavy atom. The van der Waals surface area contributed by atoms with Crippen molar-refractivity contribution in [2.45, 2.75) is 26.9 Å². The van der Waals surface area contributed by atoms with Crippen molar-refractivity contribution in [2.75, 3.05) is 19.5 Å². The molecule has 0 fully saturated rings. The van der Waals surface area contributed by atoms with Gasteiger partial charge in [0.1, 0.15) is 11.5 Å². The number of hydrogen-bond acceptors (Lipinski definition) is 6. The predicted octanol–water partition coefficient (Wildman–Crippen LogP) is 4.46. The van der Waals surface area contributed by atoms with Crippen LogP contribution in [0.2, 0.25) is 0 Å². The maximum absolute atomic E-state index is 12.8. The Kier molecular flexibility index (Phi) is 6.17. The largest absolute Gasteiger partial charge is 0.497 e. The molecule has 0 bridgehead atoms. The molecule has 1 atom stereocenters. The Labute approximate surface area is 192 Å². The number of ether oxygens (including phenoxy) is 3. The predicted molar refractivity (Wildman–Crippen MR) is 127 cm³/mol. The van der Waals surface area contributed by atoms with Crippen LogP contribution in [0.25, 0.3) is 16.7 Å². The number of carbonyl (C=O) groups is 1. The highest BCUT2D eigenvalue weighted by molar-refractivity contribution is 5.95. The van der Waals surface area contributed by atoms with Crippen molar-refractivity contribution in [1.29, 1.82) is 0 Å². The third-order valence-electron chi connectivity index (χ3n) is 5.32. The highest BCUT2D eigenvalue weighted by atomic mass is 16.5. The van der Waals surface area contributed by atoms with Gasteiger partial charge in [0, 0.05) is 17.5 Å². The summed E-state index contributed by atoms with van der Waals surface area (Å²) in [6, 6.07) is 16.8. The van der Waals surface area contributed by atoms with Gasteiger partial charge in [0.15, 0.2) is 11.8 Å². The van der Waals surface area contributed by atoms with Crippen LogP contribution in [0.15, 0.2) is 54.6 Å². The summed E-state index contributed by atoms with van der Waals surface area (Å²) >= 11 is 0. The van der Waals surface area contributed by atoms with Gasteiger partial charge in [0.25, 0.3) is 5.91 Å². The zero-order chi connectivity index (χ0) is 23.5. The molecule has 0 spiro atoms. The fourth-order valence-electron chi connectivity index (χ4n) is 3.66. The zero-order valence-electron chi connectivity index (χ0n) is 19.2. The molecule has 0 aliphatic heterocycles. The first-order chi connectivity index (χ1) is 15.9. The zero-order valence-corrected chi connectivity index (χ0v) is 19.2. The number of nitrogens with zero attached hydrogens (tertiary/aromatic N) is 3. The number of aromatic nitrogens is 3. The Morgan fingerprint density at radius 1 is 1.03 bits per heavy atom. The number of amides is 1. The van der Waals surface area contributed by atoms with Gasteiger partial charge < -0.3 is 19.5 Å². The summed E-state index contributed by atoms with van der Waals surface area (Å²) in [5.41, 5.74) is 3.92. The number of hydrogen-bond donors (Lipinski definition) is 1. The first-order valence-electron chi connectivity index (χ1n) is 10.5.